The smallest absolute Gasteiger partial charge is 0.287 e. The highest BCUT2D eigenvalue weighted by Crippen LogP contribution is 2.18. The molecule has 1 aliphatic rings. The molecule has 1 unspecified atom stereocenters. The molecule has 104 valence electrons. The highest BCUT2D eigenvalue weighted by molar-refractivity contribution is 5.93. The number of likely N-dealkylation sites (N-methyl/N-ethyl adjacent to an activating group) is 1. The van der Waals surface area contributed by atoms with Crippen molar-refractivity contribution in [2.24, 2.45) is 7.05 Å². The van der Waals surface area contributed by atoms with Crippen LogP contribution >= 0.6 is 0 Å². The second-order valence-electron chi connectivity index (χ2n) is 4.87. The lowest BCUT2D eigenvalue weighted by atomic mass is 10.1. The number of aromatic nitrogens is 1. The average molecular weight is 266 g/mol. The van der Waals surface area contributed by atoms with E-state index in [4.69, 9.17) is 0 Å². The van der Waals surface area contributed by atoms with Gasteiger partial charge in [0.25, 0.3) is 11.6 Å². The first-order valence-electron chi connectivity index (χ1n) is 6.29. The Balaban J connectivity index is 2.16. The van der Waals surface area contributed by atoms with Crippen LogP contribution in [-0.4, -0.2) is 46.5 Å². The molecular weight excluding hydrogens is 248 g/mol. The fraction of sp³-hybridized carbons (Fsp3) is 0.583. The first-order valence-corrected chi connectivity index (χ1v) is 6.29. The second kappa shape index (κ2) is 5.40. The highest BCUT2D eigenvalue weighted by Gasteiger charge is 2.26. The van der Waals surface area contributed by atoms with Crippen LogP contribution in [0.4, 0.5) is 5.69 Å². The van der Waals surface area contributed by atoms with Gasteiger partial charge in [0, 0.05) is 32.7 Å². The molecule has 0 spiro atoms. The fourth-order valence-electron chi connectivity index (χ4n) is 2.37. The molecule has 1 saturated heterocycles. The van der Waals surface area contributed by atoms with Gasteiger partial charge in [-0.2, -0.15) is 0 Å². The van der Waals surface area contributed by atoms with E-state index in [1.165, 1.54) is 16.8 Å². The molecule has 2 rings (SSSR count). The molecule has 7 nitrogen and oxygen atoms in total. The number of piperidine rings is 1. The van der Waals surface area contributed by atoms with Gasteiger partial charge in [0.05, 0.1) is 11.1 Å². The molecule has 7 heteroatoms. The number of nitrogens with zero attached hydrogens (tertiary/aromatic N) is 3. The van der Waals surface area contributed by atoms with Crippen LogP contribution in [0, 0.1) is 10.1 Å². The Morgan fingerprint density at radius 3 is 2.89 bits per heavy atom. The van der Waals surface area contributed by atoms with Gasteiger partial charge in [-0.05, 0) is 19.4 Å². The Bertz CT molecular complexity index is 491. The van der Waals surface area contributed by atoms with Crippen molar-refractivity contribution >= 4 is 11.6 Å². The summed E-state index contributed by atoms with van der Waals surface area (Å²) in [4.78, 5) is 24.3. The number of carbonyl (C=O) groups excluding carboxylic acids is 1. The lowest BCUT2D eigenvalue weighted by molar-refractivity contribution is -0.384. The summed E-state index contributed by atoms with van der Waals surface area (Å²) in [5.41, 5.74) is 0.292. The van der Waals surface area contributed by atoms with Crippen LogP contribution in [0.15, 0.2) is 12.3 Å². The summed E-state index contributed by atoms with van der Waals surface area (Å²) < 4.78 is 1.51. The minimum atomic E-state index is -0.487. The molecule has 1 atom stereocenters. The third-order valence-electron chi connectivity index (χ3n) is 3.56. The van der Waals surface area contributed by atoms with E-state index in [1.807, 2.05) is 0 Å². The number of nitrogens with one attached hydrogen (secondary N) is 1. The molecule has 0 radical (unpaired) electrons. The molecule has 2 heterocycles. The van der Waals surface area contributed by atoms with E-state index < -0.39 is 4.92 Å². The Kier molecular flexibility index (Phi) is 3.84. The van der Waals surface area contributed by atoms with Crippen molar-refractivity contribution in [3.05, 3.63) is 28.1 Å². The number of nitro groups is 1. The standard InChI is InChI=1S/C12H18N4O3/c1-14-8-10(16(18)19)6-11(14)12(17)15(2)9-4-3-5-13-7-9/h6,8-9,13H,3-5,7H2,1-2H3. The van der Waals surface area contributed by atoms with Crippen LogP contribution in [0.3, 0.4) is 0 Å². The molecule has 0 aliphatic carbocycles. The summed E-state index contributed by atoms with van der Waals surface area (Å²) in [5, 5.41) is 14.0. The normalized spacial score (nSPS) is 19.2. The van der Waals surface area contributed by atoms with Crippen LogP contribution in [0.5, 0.6) is 0 Å². The van der Waals surface area contributed by atoms with E-state index in [9.17, 15) is 14.9 Å². The quantitative estimate of drug-likeness (QED) is 0.647. The van der Waals surface area contributed by atoms with E-state index in [-0.39, 0.29) is 17.6 Å². The molecule has 0 saturated carbocycles. The number of rotatable bonds is 3. The Morgan fingerprint density at radius 1 is 1.63 bits per heavy atom. The molecule has 0 aromatic carbocycles. The fourth-order valence-corrected chi connectivity index (χ4v) is 2.37. The predicted molar refractivity (Wildman–Crippen MR) is 70.1 cm³/mol. The lowest BCUT2D eigenvalue weighted by Crippen LogP contribution is -2.47. The molecule has 1 N–H and O–H groups in total. The summed E-state index contributed by atoms with van der Waals surface area (Å²) in [6.45, 7) is 1.75. The third-order valence-corrected chi connectivity index (χ3v) is 3.56. The number of hydrogen-bond acceptors (Lipinski definition) is 4. The zero-order valence-electron chi connectivity index (χ0n) is 11.1. The third kappa shape index (κ3) is 2.76. The van der Waals surface area contributed by atoms with Gasteiger partial charge in [-0.15, -0.1) is 0 Å². The van der Waals surface area contributed by atoms with E-state index in [1.54, 1.807) is 19.0 Å². The van der Waals surface area contributed by atoms with Crippen molar-refractivity contribution in [2.45, 2.75) is 18.9 Å². The molecule has 1 aromatic heterocycles. The SMILES string of the molecule is CN(C(=O)c1cc([N+](=O)[O-])cn1C)C1CCCNC1. The van der Waals surface area contributed by atoms with Crippen molar-refractivity contribution in [3.8, 4) is 0 Å². The molecular formula is C12H18N4O3. The Hall–Kier alpha value is -1.89. The van der Waals surface area contributed by atoms with E-state index in [0.29, 0.717) is 5.69 Å². The molecule has 19 heavy (non-hydrogen) atoms. The van der Waals surface area contributed by atoms with Crippen LogP contribution in [0.25, 0.3) is 0 Å². The van der Waals surface area contributed by atoms with Crippen molar-refractivity contribution in [3.63, 3.8) is 0 Å². The van der Waals surface area contributed by atoms with Crippen molar-refractivity contribution in [1.82, 2.24) is 14.8 Å². The van der Waals surface area contributed by atoms with Gasteiger partial charge in [-0.25, -0.2) is 0 Å². The summed E-state index contributed by atoms with van der Waals surface area (Å²) in [7, 11) is 3.39. The zero-order chi connectivity index (χ0) is 14.0. The summed E-state index contributed by atoms with van der Waals surface area (Å²) in [5.74, 6) is -0.177. The number of amides is 1. The minimum absolute atomic E-state index is 0.0546. The first-order chi connectivity index (χ1) is 9.00. The topological polar surface area (TPSA) is 80.4 Å². The highest BCUT2D eigenvalue weighted by atomic mass is 16.6. The van der Waals surface area contributed by atoms with Gasteiger partial charge in [0.15, 0.2) is 0 Å². The van der Waals surface area contributed by atoms with E-state index in [0.717, 1.165) is 25.9 Å². The second-order valence-corrected chi connectivity index (χ2v) is 4.87. The van der Waals surface area contributed by atoms with E-state index >= 15 is 0 Å². The van der Waals surface area contributed by atoms with Gasteiger partial charge >= 0.3 is 0 Å². The maximum absolute atomic E-state index is 12.4. The maximum atomic E-state index is 12.4. The molecule has 1 amide bonds. The Morgan fingerprint density at radius 2 is 2.37 bits per heavy atom. The first kappa shape index (κ1) is 13.5. The van der Waals surface area contributed by atoms with E-state index in [2.05, 4.69) is 5.32 Å². The molecule has 1 fully saturated rings. The van der Waals surface area contributed by atoms with Crippen molar-refractivity contribution in [2.75, 3.05) is 20.1 Å². The van der Waals surface area contributed by atoms with Crippen molar-refractivity contribution < 1.29 is 9.72 Å². The van der Waals surface area contributed by atoms with Crippen molar-refractivity contribution in [1.29, 1.82) is 0 Å². The number of carbonyl (C=O) groups is 1. The van der Waals surface area contributed by atoms with Crippen LogP contribution in [0.1, 0.15) is 23.3 Å². The average Bonchev–Trinajstić information content (AvgIpc) is 2.80. The van der Waals surface area contributed by atoms with Gasteiger partial charge in [-0.3, -0.25) is 14.9 Å². The number of hydrogen-bond donors (Lipinski definition) is 1. The number of aryl methyl sites for hydroxylation is 1. The summed E-state index contributed by atoms with van der Waals surface area (Å²) in [6.07, 6.45) is 3.36. The van der Waals surface area contributed by atoms with Gasteiger partial charge in [-0.1, -0.05) is 0 Å². The predicted octanol–water partition coefficient (Wildman–Crippen LogP) is 0.757. The summed E-state index contributed by atoms with van der Waals surface area (Å²) in [6, 6.07) is 1.48. The zero-order valence-corrected chi connectivity index (χ0v) is 11.1. The minimum Gasteiger partial charge on any atom is -0.340 e. The lowest BCUT2D eigenvalue weighted by Gasteiger charge is -2.31. The summed E-state index contributed by atoms with van der Waals surface area (Å²) >= 11 is 0. The molecule has 0 bridgehead atoms. The van der Waals surface area contributed by atoms with Crippen LogP contribution < -0.4 is 5.32 Å². The Labute approximate surface area is 111 Å². The largest absolute Gasteiger partial charge is 0.340 e. The van der Waals surface area contributed by atoms with Gasteiger partial charge < -0.3 is 14.8 Å². The van der Waals surface area contributed by atoms with Crippen LogP contribution in [0.2, 0.25) is 0 Å². The maximum Gasteiger partial charge on any atom is 0.287 e. The monoisotopic (exact) mass is 266 g/mol. The van der Waals surface area contributed by atoms with Gasteiger partial charge in [0.2, 0.25) is 0 Å². The molecule has 1 aromatic rings. The molecule has 1 aliphatic heterocycles. The van der Waals surface area contributed by atoms with Crippen LogP contribution in [-0.2, 0) is 7.05 Å². The van der Waals surface area contributed by atoms with Gasteiger partial charge in [0.1, 0.15) is 5.69 Å².